The third-order valence-electron chi connectivity index (χ3n) is 2.89. The number of carbonyl (C=O) groups excluding carboxylic acids is 1. The minimum atomic E-state index is 0.560. The standard InChI is InChI=1S/C15H10N4O/c20-11-16-13-6-8-14(9-7-13)19-15(10-17-18-19)12-4-2-1-3-5-12/h1-10H. The Bertz CT molecular complexity index is 756. The monoisotopic (exact) mass is 262 g/mol. The van der Waals surface area contributed by atoms with E-state index in [1.54, 1.807) is 23.0 Å². The van der Waals surface area contributed by atoms with Crippen molar-refractivity contribution in [1.29, 1.82) is 0 Å². The Hall–Kier alpha value is -3.04. The fourth-order valence-electron chi connectivity index (χ4n) is 1.95. The summed E-state index contributed by atoms with van der Waals surface area (Å²) in [7, 11) is 0. The van der Waals surface area contributed by atoms with Crippen LogP contribution in [0.2, 0.25) is 0 Å². The lowest BCUT2D eigenvalue weighted by Crippen LogP contribution is -1.98. The zero-order valence-electron chi connectivity index (χ0n) is 10.5. The van der Waals surface area contributed by atoms with Gasteiger partial charge in [0.1, 0.15) is 0 Å². The van der Waals surface area contributed by atoms with Gasteiger partial charge in [0.15, 0.2) is 0 Å². The molecule has 2 aromatic carbocycles. The highest BCUT2D eigenvalue weighted by molar-refractivity contribution is 5.61. The summed E-state index contributed by atoms with van der Waals surface area (Å²) >= 11 is 0. The van der Waals surface area contributed by atoms with Crippen LogP contribution in [-0.4, -0.2) is 21.1 Å². The number of aliphatic imine (C=N–C) groups is 1. The van der Waals surface area contributed by atoms with Gasteiger partial charge in [-0.15, -0.1) is 5.10 Å². The minimum Gasteiger partial charge on any atom is -0.213 e. The number of nitrogens with zero attached hydrogens (tertiary/aromatic N) is 4. The molecule has 0 aliphatic carbocycles. The van der Waals surface area contributed by atoms with E-state index in [1.165, 1.54) is 6.08 Å². The molecule has 0 fully saturated rings. The summed E-state index contributed by atoms with van der Waals surface area (Å²) in [6.45, 7) is 0. The first-order valence-corrected chi connectivity index (χ1v) is 6.03. The summed E-state index contributed by atoms with van der Waals surface area (Å²) in [5, 5.41) is 8.06. The molecule has 3 rings (SSSR count). The van der Waals surface area contributed by atoms with Gasteiger partial charge >= 0.3 is 0 Å². The summed E-state index contributed by atoms with van der Waals surface area (Å²) in [5.41, 5.74) is 3.35. The Morgan fingerprint density at radius 1 is 1.00 bits per heavy atom. The van der Waals surface area contributed by atoms with Gasteiger partial charge in [-0.1, -0.05) is 35.5 Å². The van der Waals surface area contributed by atoms with Crippen LogP contribution >= 0.6 is 0 Å². The maximum Gasteiger partial charge on any atom is 0.240 e. The molecule has 1 heterocycles. The predicted octanol–water partition coefficient (Wildman–Crippen LogP) is 2.90. The van der Waals surface area contributed by atoms with Crippen molar-refractivity contribution in [2.24, 2.45) is 4.99 Å². The molecule has 0 spiro atoms. The minimum absolute atomic E-state index is 0.560. The van der Waals surface area contributed by atoms with Gasteiger partial charge in [0.25, 0.3) is 0 Å². The van der Waals surface area contributed by atoms with Crippen molar-refractivity contribution in [3.05, 3.63) is 60.8 Å². The second kappa shape index (κ2) is 5.30. The van der Waals surface area contributed by atoms with Crippen LogP contribution in [0.1, 0.15) is 0 Å². The molecular formula is C15H10N4O. The van der Waals surface area contributed by atoms with E-state index in [4.69, 9.17) is 0 Å². The van der Waals surface area contributed by atoms with Gasteiger partial charge in [-0.3, -0.25) is 0 Å². The van der Waals surface area contributed by atoms with Crippen molar-refractivity contribution in [2.75, 3.05) is 0 Å². The molecule has 0 amide bonds. The van der Waals surface area contributed by atoms with E-state index in [9.17, 15) is 4.79 Å². The summed E-state index contributed by atoms with van der Waals surface area (Å²) in [5.74, 6) is 0. The first kappa shape index (κ1) is 12.0. The van der Waals surface area contributed by atoms with Crippen molar-refractivity contribution in [1.82, 2.24) is 15.0 Å². The van der Waals surface area contributed by atoms with Gasteiger partial charge in [0, 0.05) is 5.56 Å². The molecule has 0 aliphatic rings. The van der Waals surface area contributed by atoms with Crippen molar-refractivity contribution in [3.8, 4) is 16.9 Å². The Kier molecular flexibility index (Phi) is 3.18. The molecular weight excluding hydrogens is 252 g/mol. The molecule has 1 aromatic heterocycles. The van der Waals surface area contributed by atoms with Crippen LogP contribution in [0.4, 0.5) is 5.69 Å². The molecule has 0 saturated heterocycles. The van der Waals surface area contributed by atoms with Gasteiger partial charge in [0.05, 0.1) is 23.3 Å². The molecule has 0 radical (unpaired) electrons. The number of isocyanates is 1. The smallest absolute Gasteiger partial charge is 0.213 e. The summed E-state index contributed by atoms with van der Waals surface area (Å²) in [4.78, 5) is 13.8. The number of hydrogen-bond donors (Lipinski definition) is 0. The van der Waals surface area contributed by atoms with Crippen LogP contribution in [0.3, 0.4) is 0 Å². The molecule has 0 aliphatic heterocycles. The maximum atomic E-state index is 10.2. The van der Waals surface area contributed by atoms with Crippen LogP contribution in [0.15, 0.2) is 65.8 Å². The second-order valence-corrected chi connectivity index (χ2v) is 4.12. The summed E-state index contributed by atoms with van der Waals surface area (Å²) in [6, 6.07) is 17.0. The maximum absolute atomic E-state index is 10.2. The SMILES string of the molecule is O=C=Nc1ccc(-n2nncc2-c2ccccc2)cc1. The van der Waals surface area contributed by atoms with E-state index in [2.05, 4.69) is 15.3 Å². The molecule has 0 unspecified atom stereocenters. The number of rotatable bonds is 3. The van der Waals surface area contributed by atoms with Gasteiger partial charge in [-0.2, -0.15) is 4.99 Å². The van der Waals surface area contributed by atoms with E-state index in [-0.39, 0.29) is 0 Å². The molecule has 5 heteroatoms. The van der Waals surface area contributed by atoms with Crippen LogP contribution in [0.25, 0.3) is 16.9 Å². The van der Waals surface area contributed by atoms with Gasteiger partial charge in [0.2, 0.25) is 6.08 Å². The number of benzene rings is 2. The molecule has 0 atom stereocenters. The van der Waals surface area contributed by atoms with Crippen LogP contribution in [0.5, 0.6) is 0 Å². The van der Waals surface area contributed by atoms with E-state index in [0.717, 1.165) is 16.9 Å². The quantitative estimate of drug-likeness (QED) is 0.538. The fourth-order valence-corrected chi connectivity index (χ4v) is 1.95. The van der Waals surface area contributed by atoms with Crippen LogP contribution in [-0.2, 0) is 4.79 Å². The normalized spacial score (nSPS) is 10.0. The zero-order chi connectivity index (χ0) is 13.8. The van der Waals surface area contributed by atoms with E-state index in [0.29, 0.717) is 5.69 Å². The summed E-state index contributed by atoms with van der Waals surface area (Å²) in [6.07, 6.45) is 3.23. The number of aromatic nitrogens is 3. The van der Waals surface area contributed by atoms with Crippen molar-refractivity contribution in [2.45, 2.75) is 0 Å². The Balaban J connectivity index is 2.03. The Morgan fingerprint density at radius 3 is 2.45 bits per heavy atom. The van der Waals surface area contributed by atoms with Crippen molar-refractivity contribution >= 4 is 11.8 Å². The lowest BCUT2D eigenvalue weighted by molar-refractivity contribution is 0.565. The van der Waals surface area contributed by atoms with Gasteiger partial charge in [-0.25, -0.2) is 9.48 Å². The molecule has 3 aromatic rings. The van der Waals surface area contributed by atoms with Gasteiger partial charge < -0.3 is 0 Å². The third kappa shape index (κ3) is 2.25. The van der Waals surface area contributed by atoms with Crippen molar-refractivity contribution in [3.63, 3.8) is 0 Å². The van der Waals surface area contributed by atoms with E-state index in [1.807, 2.05) is 42.5 Å². The van der Waals surface area contributed by atoms with Gasteiger partial charge in [-0.05, 0) is 24.3 Å². The first-order chi connectivity index (χ1) is 9.88. The van der Waals surface area contributed by atoms with E-state index >= 15 is 0 Å². The highest BCUT2D eigenvalue weighted by atomic mass is 16.1. The second-order valence-electron chi connectivity index (χ2n) is 4.12. The van der Waals surface area contributed by atoms with Crippen LogP contribution in [0, 0.1) is 0 Å². The highest BCUT2D eigenvalue weighted by Crippen LogP contribution is 2.22. The van der Waals surface area contributed by atoms with Crippen LogP contribution < -0.4 is 0 Å². The van der Waals surface area contributed by atoms with Crippen molar-refractivity contribution < 1.29 is 4.79 Å². The average molecular weight is 262 g/mol. The molecule has 20 heavy (non-hydrogen) atoms. The first-order valence-electron chi connectivity index (χ1n) is 6.03. The Labute approximate surface area is 115 Å². The summed E-state index contributed by atoms with van der Waals surface area (Å²) < 4.78 is 1.74. The lowest BCUT2D eigenvalue weighted by Gasteiger charge is -2.06. The topological polar surface area (TPSA) is 60.1 Å². The molecule has 0 bridgehead atoms. The zero-order valence-corrected chi connectivity index (χ0v) is 10.5. The lowest BCUT2D eigenvalue weighted by atomic mass is 10.1. The largest absolute Gasteiger partial charge is 0.240 e. The average Bonchev–Trinajstić information content (AvgIpc) is 2.99. The molecule has 0 N–H and O–H groups in total. The van der Waals surface area contributed by atoms with E-state index < -0.39 is 0 Å². The number of hydrogen-bond acceptors (Lipinski definition) is 4. The predicted molar refractivity (Wildman–Crippen MR) is 74.6 cm³/mol. The highest BCUT2D eigenvalue weighted by Gasteiger charge is 2.07. The molecule has 5 nitrogen and oxygen atoms in total. The molecule has 96 valence electrons. The fraction of sp³-hybridized carbons (Fsp3) is 0. The third-order valence-corrected chi connectivity index (χ3v) is 2.89. The Morgan fingerprint density at radius 2 is 1.75 bits per heavy atom. The molecule has 0 saturated carbocycles.